The second-order valence-electron chi connectivity index (χ2n) is 5.04. The minimum atomic E-state index is -0.611. The molecule has 2 heterocycles. The van der Waals surface area contributed by atoms with E-state index in [1.807, 2.05) is 31.2 Å². The molecule has 116 valence electrons. The Kier molecular flexibility index (Phi) is 4.12. The number of H-pyrrole nitrogens is 1. The summed E-state index contributed by atoms with van der Waals surface area (Å²) in [4.78, 5) is 31.3. The van der Waals surface area contributed by atoms with E-state index in [1.165, 1.54) is 18.3 Å². The number of hydrogen-bond acceptors (Lipinski definition) is 4. The molecule has 1 N–H and O–H groups in total. The lowest BCUT2D eigenvalue weighted by Crippen LogP contribution is -2.15. The molecule has 0 spiro atoms. The van der Waals surface area contributed by atoms with Crippen molar-refractivity contribution in [2.45, 2.75) is 6.92 Å². The normalized spacial score (nSPS) is 10.7. The monoisotopic (exact) mass is 328 g/mol. The van der Waals surface area contributed by atoms with Crippen LogP contribution >= 0.6 is 11.6 Å². The molecular formula is C17H13ClN2O3. The Morgan fingerprint density at radius 2 is 2.00 bits per heavy atom. The van der Waals surface area contributed by atoms with Gasteiger partial charge in [0.05, 0.1) is 5.56 Å². The van der Waals surface area contributed by atoms with Crippen molar-refractivity contribution in [3.8, 4) is 0 Å². The third kappa shape index (κ3) is 3.10. The molecule has 2 aromatic heterocycles. The molecule has 0 fully saturated rings. The SMILES string of the molecule is Cc1[nH]c2ccccc2c1C(=O)COC(=O)c1ccc(Cl)nc1. The Hall–Kier alpha value is -2.66. The van der Waals surface area contributed by atoms with Gasteiger partial charge in [0.15, 0.2) is 6.61 Å². The van der Waals surface area contributed by atoms with Crippen molar-refractivity contribution in [3.05, 3.63) is 64.6 Å². The number of ketones is 1. The van der Waals surface area contributed by atoms with Crippen LogP contribution in [-0.2, 0) is 4.74 Å². The molecule has 0 atom stereocenters. The largest absolute Gasteiger partial charge is 0.454 e. The van der Waals surface area contributed by atoms with Gasteiger partial charge in [0, 0.05) is 28.4 Å². The van der Waals surface area contributed by atoms with Gasteiger partial charge in [-0.3, -0.25) is 4.79 Å². The Morgan fingerprint density at radius 3 is 2.74 bits per heavy atom. The molecule has 0 unspecified atom stereocenters. The van der Waals surface area contributed by atoms with Gasteiger partial charge in [0.25, 0.3) is 0 Å². The highest BCUT2D eigenvalue weighted by Gasteiger charge is 2.18. The van der Waals surface area contributed by atoms with E-state index >= 15 is 0 Å². The predicted molar refractivity (Wildman–Crippen MR) is 86.9 cm³/mol. The number of aromatic nitrogens is 2. The number of carbonyl (C=O) groups is 2. The summed E-state index contributed by atoms with van der Waals surface area (Å²) >= 11 is 5.66. The zero-order chi connectivity index (χ0) is 16.4. The van der Waals surface area contributed by atoms with Crippen LogP contribution in [0.5, 0.6) is 0 Å². The molecule has 3 rings (SSSR count). The molecule has 23 heavy (non-hydrogen) atoms. The molecule has 0 aliphatic heterocycles. The van der Waals surface area contributed by atoms with E-state index in [4.69, 9.17) is 16.3 Å². The maximum atomic E-state index is 12.4. The van der Waals surface area contributed by atoms with Gasteiger partial charge < -0.3 is 9.72 Å². The number of halogens is 1. The van der Waals surface area contributed by atoms with Crippen molar-refractivity contribution in [1.82, 2.24) is 9.97 Å². The fourth-order valence-corrected chi connectivity index (χ4v) is 2.53. The Bertz CT molecular complexity index is 884. The lowest BCUT2D eigenvalue weighted by molar-refractivity contribution is 0.0474. The van der Waals surface area contributed by atoms with E-state index in [9.17, 15) is 9.59 Å². The highest BCUT2D eigenvalue weighted by atomic mass is 35.5. The number of Topliss-reactive ketones (excluding diaryl/α,β-unsaturated/α-hetero) is 1. The number of nitrogens with one attached hydrogen (secondary N) is 1. The topological polar surface area (TPSA) is 72.1 Å². The Balaban J connectivity index is 1.75. The van der Waals surface area contributed by atoms with Crippen LogP contribution in [0.4, 0.5) is 0 Å². The van der Waals surface area contributed by atoms with Crippen LogP contribution in [0.15, 0.2) is 42.6 Å². The number of benzene rings is 1. The van der Waals surface area contributed by atoms with Gasteiger partial charge >= 0.3 is 5.97 Å². The molecule has 0 aliphatic rings. The van der Waals surface area contributed by atoms with Crippen LogP contribution in [0.2, 0.25) is 5.15 Å². The number of para-hydroxylation sites is 1. The van der Waals surface area contributed by atoms with Crippen molar-refractivity contribution in [3.63, 3.8) is 0 Å². The summed E-state index contributed by atoms with van der Waals surface area (Å²) in [6.07, 6.45) is 1.31. The lowest BCUT2D eigenvalue weighted by Gasteiger charge is -2.04. The number of aryl methyl sites for hydroxylation is 1. The summed E-state index contributed by atoms with van der Waals surface area (Å²) in [5.41, 5.74) is 2.42. The highest BCUT2D eigenvalue weighted by Crippen LogP contribution is 2.22. The zero-order valence-corrected chi connectivity index (χ0v) is 13.1. The molecule has 6 heteroatoms. The summed E-state index contributed by atoms with van der Waals surface area (Å²) in [5, 5.41) is 1.10. The Labute approximate surface area is 137 Å². The van der Waals surface area contributed by atoms with Crippen LogP contribution in [0.25, 0.3) is 10.9 Å². The first-order valence-corrected chi connectivity index (χ1v) is 7.33. The molecule has 0 saturated heterocycles. The summed E-state index contributed by atoms with van der Waals surface area (Å²) in [6, 6.07) is 10.5. The van der Waals surface area contributed by atoms with E-state index < -0.39 is 5.97 Å². The van der Waals surface area contributed by atoms with Gasteiger partial charge in [-0.1, -0.05) is 29.8 Å². The number of rotatable bonds is 4. The van der Waals surface area contributed by atoms with Crippen molar-refractivity contribution in [2.75, 3.05) is 6.61 Å². The van der Waals surface area contributed by atoms with E-state index in [0.717, 1.165) is 16.6 Å². The first kappa shape index (κ1) is 15.2. The van der Waals surface area contributed by atoms with Crippen LogP contribution in [0.1, 0.15) is 26.4 Å². The number of esters is 1. The second kappa shape index (κ2) is 6.22. The third-order valence-electron chi connectivity index (χ3n) is 3.47. The summed E-state index contributed by atoms with van der Waals surface area (Å²) in [6.45, 7) is 1.49. The van der Waals surface area contributed by atoms with Gasteiger partial charge in [-0.2, -0.15) is 0 Å². The quantitative estimate of drug-likeness (QED) is 0.451. The predicted octanol–water partition coefficient (Wildman–Crippen LogP) is 3.56. The van der Waals surface area contributed by atoms with E-state index in [2.05, 4.69) is 9.97 Å². The first-order valence-electron chi connectivity index (χ1n) is 6.95. The van der Waals surface area contributed by atoms with Crippen LogP contribution in [0.3, 0.4) is 0 Å². The molecule has 0 bridgehead atoms. The van der Waals surface area contributed by atoms with Crippen LogP contribution in [0, 0.1) is 6.92 Å². The maximum Gasteiger partial charge on any atom is 0.340 e. The van der Waals surface area contributed by atoms with E-state index in [-0.39, 0.29) is 23.1 Å². The molecule has 1 aromatic carbocycles. The van der Waals surface area contributed by atoms with Gasteiger partial charge in [-0.25, -0.2) is 9.78 Å². The summed E-state index contributed by atoms with van der Waals surface area (Å²) < 4.78 is 5.07. The molecular weight excluding hydrogens is 316 g/mol. The molecule has 0 saturated carbocycles. The number of nitrogens with zero attached hydrogens (tertiary/aromatic N) is 1. The minimum Gasteiger partial charge on any atom is -0.454 e. The average molecular weight is 329 g/mol. The molecule has 0 amide bonds. The standard InChI is InChI=1S/C17H13ClN2O3/c1-10-16(12-4-2-3-5-13(12)20-10)14(21)9-23-17(22)11-6-7-15(18)19-8-11/h2-8,20H,9H2,1H3. The number of aromatic amines is 1. The summed E-state index contributed by atoms with van der Waals surface area (Å²) in [5.74, 6) is -0.866. The van der Waals surface area contributed by atoms with Gasteiger partial charge in [0.2, 0.25) is 5.78 Å². The van der Waals surface area contributed by atoms with Gasteiger partial charge in [-0.05, 0) is 25.1 Å². The van der Waals surface area contributed by atoms with Gasteiger partial charge in [0.1, 0.15) is 5.15 Å². The molecule has 3 aromatic rings. The third-order valence-corrected chi connectivity index (χ3v) is 3.69. The molecule has 0 aliphatic carbocycles. The van der Waals surface area contributed by atoms with Crippen LogP contribution in [-0.4, -0.2) is 28.3 Å². The highest BCUT2D eigenvalue weighted by molar-refractivity contribution is 6.29. The van der Waals surface area contributed by atoms with Crippen molar-refractivity contribution >= 4 is 34.3 Å². The van der Waals surface area contributed by atoms with Crippen LogP contribution < -0.4 is 0 Å². The molecule has 0 radical (unpaired) electrons. The smallest absolute Gasteiger partial charge is 0.340 e. The van der Waals surface area contributed by atoms with E-state index in [0.29, 0.717) is 5.56 Å². The number of fused-ring (bicyclic) bond motifs is 1. The number of carbonyl (C=O) groups excluding carboxylic acids is 2. The van der Waals surface area contributed by atoms with E-state index in [1.54, 1.807) is 0 Å². The fraction of sp³-hybridized carbons (Fsp3) is 0.118. The number of pyridine rings is 1. The second-order valence-corrected chi connectivity index (χ2v) is 5.43. The molecule has 5 nitrogen and oxygen atoms in total. The minimum absolute atomic E-state index is 0.248. The van der Waals surface area contributed by atoms with Crippen molar-refractivity contribution in [2.24, 2.45) is 0 Å². The zero-order valence-electron chi connectivity index (χ0n) is 12.3. The summed E-state index contributed by atoms with van der Waals surface area (Å²) in [7, 11) is 0. The number of ether oxygens (including phenoxy) is 1. The Morgan fingerprint density at radius 1 is 1.22 bits per heavy atom. The van der Waals surface area contributed by atoms with Crippen molar-refractivity contribution in [1.29, 1.82) is 0 Å². The van der Waals surface area contributed by atoms with Gasteiger partial charge in [-0.15, -0.1) is 0 Å². The van der Waals surface area contributed by atoms with Crippen molar-refractivity contribution < 1.29 is 14.3 Å². The first-order chi connectivity index (χ1) is 11.1. The lowest BCUT2D eigenvalue weighted by atomic mass is 10.1. The number of hydrogen-bond donors (Lipinski definition) is 1. The average Bonchev–Trinajstić information content (AvgIpc) is 2.88. The maximum absolute atomic E-state index is 12.4. The fourth-order valence-electron chi connectivity index (χ4n) is 2.42.